The highest BCUT2D eigenvalue weighted by atomic mass is 19.1. The van der Waals surface area contributed by atoms with Crippen molar-refractivity contribution in [3.63, 3.8) is 0 Å². The maximum atomic E-state index is 15.1. The van der Waals surface area contributed by atoms with E-state index in [1.165, 1.54) is 31.2 Å². The molecule has 9 atom stereocenters. The van der Waals surface area contributed by atoms with Gasteiger partial charge in [-0.15, -0.1) is 0 Å². The number of aromatic amines is 1. The smallest absolute Gasteiger partial charge is 0.245 e. The molecule has 2 fully saturated rings. The lowest BCUT2D eigenvalue weighted by molar-refractivity contribution is -0.139. The molecule has 8 rings (SSSR count). The molecular formula is C49H50FN5O7. The largest absolute Gasteiger partial charge is 0.391 e. The number of H-pyrrole nitrogens is 1. The lowest BCUT2D eigenvalue weighted by Gasteiger charge is -2.35. The molecular weight excluding hydrogens is 790 g/mol. The number of carbonyl (C=O) groups excluding carboxylic acids is 6. The molecule has 0 spiro atoms. The van der Waals surface area contributed by atoms with Gasteiger partial charge in [0.2, 0.25) is 23.6 Å². The van der Waals surface area contributed by atoms with Gasteiger partial charge in [0, 0.05) is 41.3 Å². The summed E-state index contributed by atoms with van der Waals surface area (Å²) in [5.41, 5.74) is 3.90. The fourth-order valence-electron chi connectivity index (χ4n) is 9.61. The zero-order valence-corrected chi connectivity index (χ0v) is 34.3. The van der Waals surface area contributed by atoms with E-state index in [9.17, 15) is 33.5 Å². The minimum absolute atomic E-state index is 0.0735. The summed E-state index contributed by atoms with van der Waals surface area (Å²) in [5.74, 6) is -8.07. The fraction of sp³-hybridized carbons (Fsp3) is 0.347. The van der Waals surface area contributed by atoms with E-state index in [1.54, 1.807) is 0 Å². The van der Waals surface area contributed by atoms with E-state index >= 15 is 4.79 Å². The molecule has 2 aliphatic carbocycles. The Labute approximate surface area is 358 Å². The van der Waals surface area contributed by atoms with Crippen molar-refractivity contribution in [3.8, 4) is 0 Å². The van der Waals surface area contributed by atoms with E-state index in [4.69, 9.17) is 0 Å². The Kier molecular flexibility index (Phi) is 12.4. The summed E-state index contributed by atoms with van der Waals surface area (Å²) in [5, 5.41) is 23.4. The molecule has 2 bridgehead atoms. The van der Waals surface area contributed by atoms with Crippen molar-refractivity contribution in [2.75, 3.05) is 0 Å². The number of Topliss-reactive ketones (excluding diaryl/α,β-unsaturated/α-hetero) is 2. The van der Waals surface area contributed by atoms with Crippen LogP contribution in [-0.4, -0.2) is 75.6 Å². The Hall–Kier alpha value is -6.47. The van der Waals surface area contributed by atoms with Crippen LogP contribution in [0.1, 0.15) is 60.1 Å². The number of nitrogens with one attached hydrogen (secondary N) is 5. The molecule has 5 aromatic rings. The Bertz CT molecular complexity index is 2470. The Balaban J connectivity index is 1.25. The van der Waals surface area contributed by atoms with Gasteiger partial charge in [-0.1, -0.05) is 97.4 Å². The monoisotopic (exact) mass is 839 g/mol. The maximum Gasteiger partial charge on any atom is 0.245 e. The number of amides is 4. The summed E-state index contributed by atoms with van der Waals surface area (Å²) < 4.78 is 14.2. The molecule has 1 saturated carbocycles. The number of hydrogen-bond donors (Lipinski definition) is 6. The Morgan fingerprint density at radius 2 is 1.21 bits per heavy atom. The van der Waals surface area contributed by atoms with E-state index < -0.39 is 89.2 Å². The van der Waals surface area contributed by atoms with Crippen LogP contribution < -0.4 is 21.3 Å². The van der Waals surface area contributed by atoms with Gasteiger partial charge < -0.3 is 31.4 Å². The molecule has 2 unspecified atom stereocenters. The number of aromatic nitrogens is 1. The summed E-state index contributed by atoms with van der Waals surface area (Å²) in [7, 11) is 0. The molecule has 0 radical (unpaired) electrons. The van der Waals surface area contributed by atoms with E-state index in [0.717, 1.165) is 16.5 Å². The Morgan fingerprint density at radius 1 is 0.613 bits per heavy atom. The molecule has 62 heavy (non-hydrogen) atoms. The number of fused-ring (bicyclic) bond motifs is 7. The highest BCUT2D eigenvalue weighted by Gasteiger charge is 2.47. The quantitative estimate of drug-likeness (QED) is 0.142. The number of rotatable bonds is 7. The van der Waals surface area contributed by atoms with Gasteiger partial charge >= 0.3 is 0 Å². The van der Waals surface area contributed by atoms with Gasteiger partial charge in [0.1, 0.15) is 17.9 Å². The lowest BCUT2D eigenvalue weighted by atomic mass is 9.73. The molecule has 3 aliphatic rings. The predicted molar refractivity (Wildman–Crippen MR) is 229 cm³/mol. The van der Waals surface area contributed by atoms with Crippen LogP contribution in [0.5, 0.6) is 0 Å². The van der Waals surface area contributed by atoms with Crippen LogP contribution in [0.25, 0.3) is 10.9 Å². The second-order valence-electron chi connectivity index (χ2n) is 16.9. The Morgan fingerprint density at radius 3 is 1.89 bits per heavy atom. The first-order valence-electron chi connectivity index (χ1n) is 21.3. The highest BCUT2D eigenvalue weighted by molar-refractivity contribution is 6.04. The molecule has 4 aromatic carbocycles. The van der Waals surface area contributed by atoms with Gasteiger partial charge in [-0.3, -0.25) is 28.8 Å². The van der Waals surface area contributed by atoms with E-state index in [-0.39, 0.29) is 31.5 Å². The third kappa shape index (κ3) is 8.94. The first-order valence-corrected chi connectivity index (χ1v) is 21.3. The molecule has 13 heteroatoms. The number of aliphatic hydroxyl groups is 1. The number of aliphatic hydroxyl groups excluding tert-OH is 1. The molecule has 12 nitrogen and oxygen atoms in total. The van der Waals surface area contributed by atoms with Crippen molar-refractivity contribution in [1.29, 1.82) is 0 Å². The number of ketones is 2. The summed E-state index contributed by atoms with van der Waals surface area (Å²) in [6.45, 7) is 1.34. The molecule has 320 valence electrons. The minimum Gasteiger partial charge on any atom is -0.391 e. The van der Waals surface area contributed by atoms with Crippen LogP contribution in [-0.2, 0) is 54.5 Å². The second-order valence-corrected chi connectivity index (χ2v) is 16.9. The first kappa shape index (κ1) is 42.2. The summed E-state index contributed by atoms with van der Waals surface area (Å²) in [6, 6.07) is 26.2. The van der Waals surface area contributed by atoms with Crippen molar-refractivity contribution < 1.29 is 38.3 Å². The molecule has 1 saturated heterocycles. The third-order valence-electron chi connectivity index (χ3n) is 12.8. The van der Waals surface area contributed by atoms with Gasteiger partial charge in [0.05, 0.1) is 30.0 Å². The summed E-state index contributed by atoms with van der Waals surface area (Å²) >= 11 is 0. The van der Waals surface area contributed by atoms with Crippen LogP contribution >= 0.6 is 0 Å². The van der Waals surface area contributed by atoms with Gasteiger partial charge in [0.15, 0.2) is 11.6 Å². The molecule has 1 aliphatic heterocycles. The van der Waals surface area contributed by atoms with Crippen LogP contribution in [0.15, 0.2) is 109 Å². The van der Waals surface area contributed by atoms with Gasteiger partial charge in [0.25, 0.3) is 0 Å². The average Bonchev–Trinajstić information content (AvgIpc) is 3.91. The molecule has 6 N–H and O–H groups in total. The normalized spacial score (nSPS) is 26.6. The SMILES string of the molecule is C[C@@H](O)[C@@H]1NC(=O)[C@H](Cc2ccc(F)cc2)C2C(=O)[C@@H](Cc3c2[nH]c2ccccc32)NC(=O)[C@H](Cc2ccccc2)NC(=O)[C@@H]2CCCC2C(=O)[C@H](Cc2ccccc2)NC1=O. The molecule has 2 heterocycles. The van der Waals surface area contributed by atoms with Crippen molar-refractivity contribution >= 4 is 46.1 Å². The average molecular weight is 840 g/mol. The number of carbonyl (C=O) groups is 6. The summed E-state index contributed by atoms with van der Waals surface area (Å²) in [4.78, 5) is 91.4. The van der Waals surface area contributed by atoms with Gasteiger partial charge in [-0.2, -0.15) is 0 Å². The third-order valence-corrected chi connectivity index (χ3v) is 12.8. The molecule has 4 amide bonds. The number of para-hydroxylation sites is 1. The number of hydrogen-bond acceptors (Lipinski definition) is 7. The van der Waals surface area contributed by atoms with Crippen molar-refractivity contribution in [3.05, 3.63) is 143 Å². The van der Waals surface area contributed by atoms with Crippen molar-refractivity contribution in [2.24, 2.45) is 17.8 Å². The highest BCUT2D eigenvalue weighted by Crippen LogP contribution is 2.40. The van der Waals surface area contributed by atoms with Crippen LogP contribution in [0.3, 0.4) is 0 Å². The lowest BCUT2D eigenvalue weighted by Crippen LogP contribution is -2.60. The van der Waals surface area contributed by atoms with E-state index in [1.807, 2.05) is 84.9 Å². The first-order chi connectivity index (χ1) is 29.9. The fourth-order valence-corrected chi connectivity index (χ4v) is 9.61. The molecule has 1 aromatic heterocycles. The van der Waals surface area contributed by atoms with Crippen LogP contribution in [0.4, 0.5) is 4.39 Å². The minimum atomic E-state index is -1.57. The van der Waals surface area contributed by atoms with Crippen LogP contribution in [0, 0.1) is 23.6 Å². The van der Waals surface area contributed by atoms with Crippen molar-refractivity contribution in [2.45, 2.75) is 88.1 Å². The standard InChI is InChI=1S/C49H50FN5O7/c1-27(56)42-49(62)53-38(24-28-11-4-2-5-12-28)44(57)33-16-10-17-34(33)46(59)54-40(25-29-13-6-3-7-14-29)48(61)52-39-26-35-32-15-8-9-18-37(32)51-43(35)41(45(39)58)36(47(60)55-42)23-30-19-21-31(50)22-20-30/h2-9,11-15,18-22,27,33-34,36,38-42,51,56H,10,16-17,23-26H2,1H3,(H,52,61)(H,53,62)(H,54,59)(H,55,60)/t27-,33?,34-,36-,38+,39-,40+,41?,42+/m1/s1. The maximum absolute atomic E-state index is 15.1. The van der Waals surface area contributed by atoms with Crippen molar-refractivity contribution in [1.82, 2.24) is 26.3 Å². The zero-order chi connectivity index (χ0) is 43.5. The zero-order valence-electron chi connectivity index (χ0n) is 34.3. The number of halogens is 1. The van der Waals surface area contributed by atoms with Gasteiger partial charge in [-0.05, 0) is 73.1 Å². The van der Waals surface area contributed by atoms with Crippen LogP contribution in [0.2, 0.25) is 0 Å². The predicted octanol–water partition coefficient (Wildman–Crippen LogP) is 4.18. The van der Waals surface area contributed by atoms with E-state index in [0.29, 0.717) is 41.6 Å². The summed E-state index contributed by atoms with van der Waals surface area (Å²) in [6.07, 6.45) is 0.0205. The number of benzene rings is 4. The van der Waals surface area contributed by atoms with E-state index in [2.05, 4.69) is 26.3 Å². The second kappa shape index (κ2) is 18.3. The van der Waals surface area contributed by atoms with Gasteiger partial charge in [-0.25, -0.2) is 4.39 Å². The topological polar surface area (TPSA) is 187 Å².